The molecule has 0 saturated heterocycles. The Morgan fingerprint density at radius 1 is 1.19 bits per heavy atom. The van der Waals surface area contributed by atoms with Crippen LogP contribution in [0.5, 0.6) is 11.5 Å². The molecular formula is C17H16O4. The summed E-state index contributed by atoms with van der Waals surface area (Å²) < 4.78 is 5.55. The van der Waals surface area contributed by atoms with Crippen molar-refractivity contribution in [2.45, 2.75) is 13.5 Å². The van der Waals surface area contributed by atoms with Crippen LogP contribution in [0.2, 0.25) is 0 Å². The number of benzene rings is 2. The van der Waals surface area contributed by atoms with Crippen molar-refractivity contribution < 1.29 is 19.7 Å². The van der Waals surface area contributed by atoms with Gasteiger partial charge in [0.1, 0.15) is 23.7 Å². The fourth-order valence-corrected chi connectivity index (χ4v) is 1.86. The summed E-state index contributed by atoms with van der Waals surface area (Å²) in [6.45, 7) is 2.29. The van der Waals surface area contributed by atoms with E-state index in [0.29, 0.717) is 12.4 Å². The van der Waals surface area contributed by atoms with Gasteiger partial charge in [0.2, 0.25) is 0 Å². The van der Waals surface area contributed by atoms with E-state index in [4.69, 9.17) is 9.84 Å². The predicted molar refractivity (Wildman–Crippen MR) is 80.5 cm³/mol. The molecule has 0 unspecified atom stereocenters. The molecule has 0 bridgehead atoms. The van der Waals surface area contributed by atoms with Gasteiger partial charge in [-0.1, -0.05) is 36.4 Å². The van der Waals surface area contributed by atoms with Gasteiger partial charge < -0.3 is 14.9 Å². The molecule has 0 radical (unpaired) electrons. The van der Waals surface area contributed by atoms with Crippen molar-refractivity contribution in [2.75, 3.05) is 0 Å². The zero-order valence-electron chi connectivity index (χ0n) is 11.6. The summed E-state index contributed by atoms with van der Waals surface area (Å²) >= 11 is 0. The number of ether oxygens (including phenoxy) is 1. The average Bonchev–Trinajstić information content (AvgIpc) is 2.48. The van der Waals surface area contributed by atoms with E-state index in [1.54, 1.807) is 0 Å². The Labute approximate surface area is 122 Å². The molecule has 0 aliphatic carbocycles. The molecule has 0 spiro atoms. The first-order valence-corrected chi connectivity index (χ1v) is 6.51. The SMILES string of the molecule is C/C=C/c1ccc(COc2ccc(O)c(C(=O)O)c2)cc1. The summed E-state index contributed by atoms with van der Waals surface area (Å²) in [5.41, 5.74) is 1.92. The quantitative estimate of drug-likeness (QED) is 0.878. The van der Waals surface area contributed by atoms with Crippen LogP contribution in [0.15, 0.2) is 48.5 Å². The Bertz CT molecular complexity index is 657. The Morgan fingerprint density at radius 2 is 1.90 bits per heavy atom. The highest BCUT2D eigenvalue weighted by Crippen LogP contribution is 2.23. The largest absolute Gasteiger partial charge is 0.507 e. The number of aromatic hydroxyl groups is 1. The van der Waals surface area contributed by atoms with Gasteiger partial charge in [-0.15, -0.1) is 0 Å². The molecule has 0 heterocycles. The molecule has 0 atom stereocenters. The minimum Gasteiger partial charge on any atom is -0.507 e. The Balaban J connectivity index is 2.06. The van der Waals surface area contributed by atoms with Crippen molar-refractivity contribution in [1.29, 1.82) is 0 Å². The second kappa shape index (κ2) is 6.61. The molecule has 0 saturated carbocycles. The summed E-state index contributed by atoms with van der Waals surface area (Å²) in [5.74, 6) is -1.05. The highest BCUT2D eigenvalue weighted by Gasteiger charge is 2.10. The van der Waals surface area contributed by atoms with Crippen LogP contribution in [0, 0.1) is 0 Å². The van der Waals surface area contributed by atoms with Crippen LogP contribution in [-0.2, 0) is 6.61 Å². The van der Waals surface area contributed by atoms with Crippen molar-refractivity contribution in [1.82, 2.24) is 0 Å². The molecule has 108 valence electrons. The number of carbonyl (C=O) groups is 1. The number of rotatable bonds is 5. The van der Waals surface area contributed by atoms with Crippen molar-refractivity contribution in [3.8, 4) is 11.5 Å². The third-order valence-electron chi connectivity index (χ3n) is 2.94. The number of phenols is 1. The fraction of sp³-hybridized carbons (Fsp3) is 0.118. The van der Waals surface area contributed by atoms with Crippen LogP contribution in [0.4, 0.5) is 0 Å². The molecule has 2 aromatic carbocycles. The lowest BCUT2D eigenvalue weighted by molar-refractivity contribution is 0.0693. The van der Waals surface area contributed by atoms with E-state index in [-0.39, 0.29) is 11.3 Å². The number of hydrogen-bond acceptors (Lipinski definition) is 3. The summed E-state index contributed by atoms with van der Waals surface area (Å²) in [6, 6.07) is 12.0. The van der Waals surface area contributed by atoms with Crippen molar-refractivity contribution in [2.24, 2.45) is 0 Å². The van der Waals surface area contributed by atoms with E-state index in [2.05, 4.69) is 0 Å². The molecule has 0 aliphatic rings. The van der Waals surface area contributed by atoms with Crippen LogP contribution in [0.1, 0.15) is 28.4 Å². The van der Waals surface area contributed by atoms with E-state index in [1.807, 2.05) is 43.3 Å². The van der Waals surface area contributed by atoms with Crippen LogP contribution in [0.25, 0.3) is 6.08 Å². The maximum atomic E-state index is 10.9. The molecule has 0 aromatic heterocycles. The van der Waals surface area contributed by atoms with Crippen LogP contribution in [-0.4, -0.2) is 16.2 Å². The molecule has 2 N–H and O–H groups in total. The monoisotopic (exact) mass is 284 g/mol. The van der Waals surface area contributed by atoms with Gasteiger partial charge in [0, 0.05) is 0 Å². The van der Waals surface area contributed by atoms with Crippen molar-refractivity contribution in [3.05, 3.63) is 65.2 Å². The maximum Gasteiger partial charge on any atom is 0.339 e. The van der Waals surface area contributed by atoms with E-state index in [1.165, 1.54) is 18.2 Å². The van der Waals surface area contributed by atoms with Gasteiger partial charge in [-0.25, -0.2) is 4.79 Å². The third kappa shape index (κ3) is 3.86. The van der Waals surface area contributed by atoms with Gasteiger partial charge >= 0.3 is 5.97 Å². The summed E-state index contributed by atoms with van der Waals surface area (Å²) in [5, 5.41) is 18.4. The van der Waals surface area contributed by atoms with Crippen LogP contribution in [0.3, 0.4) is 0 Å². The molecular weight excluding hydrogens is 268 g/mol. The number of aromatic carboxylic acids is 1. The fourth-order valence-electron chi connectivity index (χ4n) is 1.86. The first-order valence-electron chi connectivity index (χ1n) is 6.51. The Kier molecular flexibility index (Phi) is 4.61. The first kappa shape index (κ1) is 14.7. The molecule has 2 aromatic rings. The summed E-state index contributed by atoms with van der Waals surface area (Å²) in [7, 11) is 0. The minimum atomic E-state index is -1.19. The lowest BCUT2D eigenvalue weighted by atomic mass is 10.1. The topological polar surface area (TPSA) is 66.8 Å². The van der Waals surface area contributed by atoms with Gasteiger partial charge in [0.05, 0.1) is 0 Å². The zero-order chi connectivity index (χ0) is 15.2. The highest BCUT2D eigenvalue weighted by atomic mass is 16.5. The van der Waals surface area contributed by atoms with Crippen LogP contribution < -0.4 is 4.74 Å². The number of hydrogen-bond donors (Lipinski definition) is 2. The second-order valence-electron chi connectivity index (χ2n) is 4.51. The Hall–Kier alpha value is -2.75. The zero-order valence-corrected chi connectivity index (χ0v) is 11.6. The molecule has 21 heavy (non-hydrogen) atoms. The van der Waals surface area contributed by atoms with Gasteiger partial charge in [-0.2, -0.15) is 0 Å². The smallest absolute Gasteiger partial charge is 0.339 e. The van der Waals surface area contributed by atoms with Crippen molar-refractivity contribution >= 4 is 12.0 Å². The van der Waals surface area contributed by atoms with Crippen molar-refractivity contribution in [3.63, 3.8) is 0 Å². The highest BCUT2D eigenvalue weighted by molar-refractivity contribution is 5.91. The maximum absolute atomic E-state index is 10.9. The first-order chi connectivity index (χ1) is 10.1. The van der Waals surface area contributed by atoms with Gasteiger partial charge in [-0.3, -0.25) is 0 Å². The lowest BCUT2D eigenvalue weighted by Crippen LogP contribution is -2.00. The van der Waals surface area contributed by atoms with Gasteiger partial charge in [-0.05, 0) is 36.2 Å². The number of allylic oxidation sites excluding steroid dienone is 1. The Morgan fingerprint density at radius 3 is 2.52 bits per heavy atom. The summed E-state index contributed by atoms with van der Waals surface area (Å²) in [4.78, 5) is 10.9. The third-order valence-corrected chi connectivity index (χ3v) is 2.94. The lowest BCUT2D eigenvalue weighted by Gasteiger charge is -2.08. The summed E-state index contributed by atoms with van der Waals surface area (Å²) in [6.07, 6.45) is 3.97. The normalized spacial score (nSPS) is 10.7. The van der Waals surface area contributed by atoms with E-state index >= 15 is 0 Å². The molecule has 4 heteroatoms. The second-order valence-corrected chi connectivity index (χ2v) is 4.51. The van der Waals surface area contributed by atoms with E-state index in [9.17, 15) is 9.90 Å². The van der Waals surface area contributed by atoms with E-state index in [0.717, 1.165) is 11.1 Å². The average molecular weight is 284 g/mol. The number of carboxylic acid groups (broad SMARTS) is 1. The number of carboxylic acids is 1. The van der Waals surface area contributed by atoms with Gasteiger partial charge in [0.15, 0.2) is 0 Å². The van der Waals surface area contributed by atoms with Gasteiger partial charge in [0.25, 0.3) is 0 Å². The predicted octanol–water partition coefficient (Wildman–Crippen LogP) is 3.70. The minimum absolute atomic E-state index is 0.170. The molecule has 4 nitrogen and oxygen atoms in total. The molecule has 2 rings (SSSR count). The molecule has 0 amide bonds. The van der Waals surface area contributed by atoms with E-state index < -0.39 is 5.97 Å². The molecule has 0 fully saturated rings. The van der Waals surface area contributed by atoms with Crippen LogP contribution >= 0.6 is 0 Å². The molecule has 0 aliphatic heterocycles. The standard InChI is InChI=1S/C17H16O4/c1-2-3-12-4-6-13(7-5-12)11-21-14-8-9-16(18)15(10-14)17(19)20/h2-10,18H,11H2,1H3,(H,19,20)/b3-2+.